The lowest BCUT2D eigenvalue weighted by molar-refractivity contribution is -0.137. The van der Waals surface area contributed by atoms with Gasteiger partial charge in [-0.15, -0.1) is 0 Å². The van der Waals surface area contributed by atoms with E-state index in [0.29, 0.717) is 18.5 Å². The summed E-state index contributed by atoms with van der Waals surface area (Å²) in [6.07, 6.45) is 3.95. The predicted octanol–water partition coefficient (Wildman–Crippen LogP) is 1.78. The Kier molecular flexibility index (Phi) is 5.19. The molecule has 0 unspecified atom stereocenters. The molecular formula is C17H24N2O3. The minimum absolute atomic E-state index is 0.134. The number of carbonyl (C=O) groups excluding carboxylic acids is 2. The van der Waals surface area contributed by atoms with E-state index in [4.69, 9.17) is 0 Å². The van der Waals surface area contributed by atoms with Gasteiger partial charge in [0.2, 0.25) is 0 Å². The molecular weight excluding hydrogens is 280 g/mol. The van der Waals surface area contributed by atoms with Crippen LogP contribution in [0.1, 0.15) is 44.2 Å². The molecule has 1 aromatic carbocycles. The largest absolute Gasteiger partial charge is 0.388 e. The summed E-state index contributed by atoms with van der Waals surface area (Å²) in [5.74, 6) is -1.39. The highest BCUT2D eigenvalue weighted by Crippen LogP contribution is 2.30. The lowest BCUT2D eigenvalue weighted by atomic mass is 9.80. The van der Waals surface area contributed by atoms with E-state index in [1.165, 1.54) is 0 Å². The summed E-state index contributed by atoms with van der Waals surface area (Å²) in [6, 6.07) is 5.91. The fourth-order valence-electron chi connectivity index (χ4n) is 2.53. The average molecular weight is 304 g/mol. The summed E-state index contributed by atoms with van der Waals surface area (Å²) in [7, 11) is 0. The van der Waals surface area contributed by atoms with Crippen LogP contribution < -0.4 is 10.6 Å². The van der Waals surface area contributed by atoms with Crippen molar-refractivity contribution in [3.05, 3.63) is 29.3 Å². The van der Waals surface area contributed by atoms with Gasteiger partial charge in [-0.05, 0) is 49.3 Å². The molecule has 0 atom stereocenters. The second-order valence-corrected chi connectivity index (χ2v) is 5.91. The topological polar surface area (TPSA) is 78.4 Å². The highest BCUT2D eigenvalue weighted by molar-refractivity contribution is 6.39. The van der Waals surface area contributed by atoms with E-state index in [0.717, 1.165) is 30.4 Å². The van der Waals surface area contributed by atoms with Crippen LogP contribution >= 0.6 is 0 Å². The number of benzene rings is 1. The Labute approximate surface area is 131 Å². The third-order valence-corrected chi connectivity index (χ3v) is 4.28. The predicted molar refractivity (Wildman–Crippen MR) is 85.6 cm³/mol. The van der Waals surface area contributed by atoms with Crippen LogP contribution in [0, 0.1) is 0 Å². The van der Waals surface area contributed by atoms with E-state index in [9.17, 15) is 14.7 Å². The van der Waals surface area contributed by atoms with Gasteiger partial charge in [-0.2, -0.15) is 0 Å². The molecule has 2 amide bonds. The lowest BCUT2D eigenvalue weighted by Crippen LogP contribution is -2.49. The molecule has 0 radical (unpaired) electrons. The summed E-state index contributed by atoms with van der Waals surface area (Å²) < 4.78 is 0. The molecule has 1 aliphatic rings. The van der Waals surface area contributed by atoms with Crippen LogP contribution in [-0.4, -0.2) is 29.1 Å². The van der Waals surface area contributed by atoms with Crippen molar-refractivity contribution in [2.75, 3.05) is 11.9 Å². The molecule has 0 heterocycles. The fourth-order valence-corrected chi connectivity index (χ4v) is 2.53. The highest BCUT2D eigenvalue weighted by atomic mass is 16.3. The SMILES string of the molecule is CCc1ccc(CC)c(NC(=O)C(=O)NCC2(O)CCC2)c1. The summed E-state index contributed by atoms with van der Waals surface area (Å²) >= 11 is 0. The number of nitrogens with one attached hydrogen (secondary N) is 2. The Balaban J connectivity index is 1.96. The first kappa shape index (κ1) is 16.5. The second-order valence-electron chi connectivity index (χ2n) is 5.91. The van der Waals surface area contributed by atoms with Crippen LogP contribution in [0.15, 0.2) is 18.2 Å². The van der Waals surface area contributed by atoms with Crippen LogP contribution in [0.4, 0.5) is 5.69 Å². The Morgan fingerprint density at radius 3 is 2.45 bits per heavy atom. The molecule has 1 aliphatic carbocycles. The van der Waals surface area contributed by atoms with Crippen LogP contribution in [0.5, 0.6) is 0 Å². The average Bonchev–Trinajstić information content (AvgIpc) is 2.50. The first-order valence-corrected chi connectivity index (χ1v) is 7.91. The van der Waals surface area contributed by atoms with Crippen molar-refractivity contribution < 1.29 is 14.7 Å². The van der Waals surface area contributed by atoms with Crippen LogP contribution in [0.25, 0.3) is 0 Å². The first-order chi connectivity index (χ1) is 10.5. The normalized spacial score (nSPS) is 15.8. The van der Waals surface area contributed by atoms with Crippen molar-refractivity contribution >= 4 is 17.5 Å². The number of amides is 2. The molecule has 2 rings (SSSR count). The van der Waals surface area contributed by atoms with E-state index >= 15 is 0 Å². The van der Waals surface area contributed by atoms with E-state index in [2.05, 4.69) is 10.6 Å². The molecule has 1 saturated carbocycles. The Hall–Kier alpha value is -1.88. The summed E-state index contributed by atoms with van der Waals surface area (Å²) in [6.45, 7) is 4.18. The van der Waals surface area contributed by atoms with Gasteiger partial charge in [-0.1, -0.05) is 26.0 Å². The van der Waals surface area contributed by atoms with E-state index in [1.807, 2.05) is 32.0 Å². The van der Waals surface area contributed by atoms with Crippen molar-refractivity contribution in [2.24, 2.45) is 0 Å². The van der Waals surface area contributed by atoms with Crippen molar-refractivity contribution in [1.82, 2.24) is 5.32 Å². The maximum absolute atomic E-state index is 12.0. The number of hydrogen-bond acceptors (Lipinski definition) is 3. The maximum atomic E-state index is 12.0. The van der Waals surface area contributed by atoms with Crippen LogP contribution in [0.3, 0.4) is 0 Å². The molecule has 3 N–H and O–H groups in total. The van der Waals surface area contributed by atoms with Gasteiger partial charge in [0.05, 0.1) is 5.60 Å². The summed E-state index contributed by atoms with van der Waals surface area (Å²) in [5.41, 5.74) is 1.96. The van der Waals surface area contributed by atoms with Crippen molar-refractivity contribution in [1.29, 1.82) is 0 Å². The molecule has 0 aromatic heterocycles. The molecule has 5 nitrogen and oxygen atoms in total. The standard InChI is InChI=1S/C17H24N2O3/c1-3-12-6-7-13(4-2)14(10-12)19-16(21)15(20)18-11-17(22)8-5-9-17/h6-7,10,22H,3-5,8-9,11H2,1-2H3,(H,18,20)(H,19,21). The summed E-state index contributed by atoms with van der Waals surface area (Å²) in [5, 5.41) is 15.1. The number of aliphatic hydroxyl groups is 1. The lowest BCUT2D eigenvalue weighted by Gasteiger charge is -2.36. The summed E-state index contributed by atoms with van der Waals surface area (Å²) in [4.78, 5) is 23.9. The molecule has 1 fully saturated rings. The molecule has 0 bridgehead atoms. The minimum Gasteiger partial charge on any atom is -0.388 e. The number of aryl methyl sites for hydroxylation is 2. The zero-order valence-electron chi connectivity index (χ0n) is 13.2. The van der Waals surface area contributed by atoms with Crippen LogP contribution in [0.2, 0.25) is 0 Å². The van der Waals surface area contributed by atoms with Gasteiger partial charge in [-0.3, -0.25) is 9.59 Å². The van der Waals surface area contributed by atoms with Crippen LogP contribution in [-0.2, 0) is 22.4 Å². The van der Waals surface area contributed by atoms with Gasteiger partial charge >= 0.3 is 11.8 Å². The molecule has 22 heavy (non-hydrogen) atoms. The molecule has 0 aliphatic heterocycles. The molecule has 0 spiro atoms. The smallest absolute Gasteiger partial charge is 0.313 e. The molecule has 120 valence electrons. The van der Waals surface area contributed by atoms with Gasteiger partial charge in [0.1, 0.15) is 0 Å². The number of carbonyl (C=O) groups is 2. The van der Waals surface area contributed by atoms with Gasteiger partial charge in [0.15, 0.2) is 0 Å². The van der Waals surface area contributed by atoms with E-state index < -0.39 is 17.4 Å². The van der Waals surface area contributed by atoms with Gasteiger partial charge in [0.25, 0.3) is 0 Å². The minimum atomic E-state index is -0.827. The monoisotopic (exact) mass is 304 g/mol. The third-order valence-electron chi connectivity index (χ3n) is 4.28. The maximum Gasteiger partial charge on any atom is 0.313 e. The second kappa shape index (κ2) is 6.92. The fraction of sp³-hybridized carbons (Fsp3) is 0.529. The third kappa shape index (κ3) is 3.85. The molecule has 1 aromatic rings. The number of hydrogen-bond donors (Lipinski definition) is 3. The van der Waals surface area contributed by atoms with Gasteiger partial charge in [-0.25, -0.2) is 0 Å². The molecule has 0 saturated heterocycles. The van der Waals surface area contributed by atoms with E-state index in [1.54, 1.807) is 0 Å². The van der Waals surface area contributed by atoms with Crippen molar-refractivity contribution in [2.45, 2.75) is 51.6 Å². The van der Waals surface area contributed by atoms with E-state index in [-0.39, 0.29) is 6.54 Å². The Morgan fingerprint density at radius 1 is 1.18 bits per heavy atom. The highest BCUT2D eigenvalue weighted by Gasteiger charge is 2.35. The van der Waals surface area contributed by atoms with Gasteiger partial charge < -0.3 is 15.7 Å². The Bertz CT molecular complexity index is 565. The van der Waals surface area contributed by atoms with Crippen molar-refractivity contribution in [3.63, 3.8) is 0 Å². The quantitative estimate of drug-likeness (QED) is 0.726. The first-order valence-electron chi connectivity index (χ1n) is 7.91. The number of rotatable bonds is 5. The zero-order chi connectivity index (χ0) is 16.2. The zero-order valence-corrected chi connectivity index (χ0v) is 13.2. The number of anilines is 1. The van der Waals surface area contributed by atoms with Crippen molar-refractivity contribution in [3.8, 4) is 0 Å². The Morgan fingerprint density at radius 2 is 1.91 bits per heavy atom. The van der Waals surface area contributed by atoms with Gasteiger partial charge in [0, 0.05) is 12.2 Å². The molecule has 5 heteroatoms.